The zero-order valence-electron chi connectivity index (χ0n) is 7.87. The second-order valence-electron chi connectivity index (χ2n) is 3.56. The lowest BCUT2D eigenvalue weighted by Gasteiger charge is -2.24. The molecule has 0 saturated carbocycles. The van der Waals surface area contributed by atoms with Crippen LogP contribution in [-0.4, -0.2) is 30.2 Å². The molecule has 2 heterocycles. The first-order chi connectivity index (χ1) is 6.45. The van der Waals surface area contributed by atoms with Crippen LogP contribution in [-0.2, 0) is 6.54 Å². The van der Waals surface area contributed by atoms with Gasteiger partial charge in [-0.2, -0.15) is 0 Å². The number of hydrogen-bond donors (Lipinski definition) is 2. The summed E-state index contributed by atoms with van der Waals surface area (Å²) in [5, 5.41) is 6.90. The highest BCUT2D eigenvalue weighted by molar-refractivity contribution is 4.90. The van der Waals surface area contributed by atoms with E-state index in [0.717, 1.165) is 26.2 Å². The van der Waals surface area contributed by atoms with Gasteiger partial charge in [-0.05, 0) is 18.6 Å². The Morgan fingerprint density at radius 3 is 2.77 bits per heavy atom. The van der Waals surface area contributed by atoms with Gasteiger partial charge in [0, 0.05) is 44.6 Å². The predicted octanol–water partition coefficient (Wildman–Crippen LogP) is 0.440. The normalized spacial score (nSPS) is 23.2. The smallest absolute Gasteiger partial charge is 0.0234 e. The summed E-state index contributed by atoms with van der Waals surface area (Å²) in [5.74, 6) is 0. The highest BCUT2D eigenvalue weighted by Crippen LogP contribution is 1.98. The molecule has 1 aromatic heterocycles. The number of nitrogens with zero attached hydrogens (tertiary/aromatic N) is 1. The molecule has 1 unspecified atom stereocenters. The maximum Gasteiger partial charge on any atom is 0.0234 e. The average molecular weight is 179 g/mol. The SMILES string of the molecule is c1ccn(CCC2CNCCN2)c1. The highest BCUT2D eigenvalue weighted by Gasteiger charge is 2.10. The first-order valence-electron chi connectivity index (χ1n) is 5.00. The second kappa shape index (κ2) is 4.44. The monoisotopic (exact) mass is 179 g/mol. The fraction of sp³-hybridized carbons (Fsp3) is 0.600. The third-order valence-corrected chi connectivity index (χ3v) is 2.53. The summed E-state index contributed by atoms with van der Waals surface area (Å²) in [6, 6.07) is 4.80. The van der Waals surface area contributed by atoms with E-state index in [1.54, 1.807) is 0 Å². The molecule has 1 aliphatic heterocycles. The average Bonchev–Trinajstić information content (AvgIpc) is 2.69. The Morgan fingerprint density at radius 1 is 1.23 bits per heavy atom. The van der Waals surface area contributed by atoms with Gasteiger partial charge in [0.05, 0.1) is 0 Å². The number of aromatic nitrogens is 1. The van der Waals surface area contributed by atoms with Gasteiger partial charge in [-0.15, -0.1) is 0 Å². The molecule has 1 atom stereocenters. The number of piperazine rings is 1. The summed E-state index contributed by atoms with van der Waals surface area (Å²) in [6.07, 6.45) is 5.45. The van der Waals surface area contributed by atoms with Crippen LogP contribution in [0.15, 0.2) is 24.5 Å². The first-order valence-corrected chi connectivity index (χ1v) is 5.00. The number of nitrogens with one attached hydrogen (secondary N) is 2. The summed E-state index contributed by atoms with van der Waals surface area (Å²) >= 11 is 0. The van der Waals surface area contributed by atoms with Gasteiger partial charge in [-0.1, -0.05) is 0 Å². The van der Waals surface area contributed by atoms with Crippen molar-refractivity contribution in [2.45, 2.75) is 19.0 Å². The minimum absolute atomic E-state index is 0.649. The Hall–Kier alpha value is -0.800. The van der Waals surface area contributed by atoms with Crippen LogP contribution in [0.5, 0.6) is 0 Å². The molecular weight excluding hydrogens is 162 g/mol. The summed E-state index contributed by atoms with van der Waals surface area (Å²) in [5.41, 5.74) is 0. The topological polar surface area (TPSA) is 29.0 Å². The molecule has 2 N–H and O–H groups in total. The van der Waals surface area contributed by atoms with Gasteiger partial charge in [0.1, 0.15) is 0 Å². The van der Waals surface area contributed by atoms with E-state index in [-0.39, 0.29) is 0 Å². The van der Waals surface area contributed by atoms with E-state index in [9.17, 15) is 0 Å². The minimum Gasteiger partial charge on any atom is -0.354 e. The Balaban J connectivity index is 1.72. The maximum absolute atomic E-state index is 3.51. The Kier molecular flexibility index (Phi) is 3.00. The molecule has 0 amide bonds. The molecular formula is C10H17N3. The van der Waals surface area contributed by atoms with Crippen molar-refractivity contribution >= 4 is 0 Å². The molecule has 2 rings (SSSR count). The Morgan fingerprint density at radius 2 is 2.08 bits per heavy atom. The van der Waals surface area contributed by atoms with Gasteiger partial charge < -0.3 is 15.2 Å². The minimum atomic E-state index is 0.649. The molecule has 3 nitrogen and oxygen atoms in total. The van der Waals surface area contributed by atoms with Crippen LogP contribution in [0.25, 0.3) is 0 Å². The second-order valence-corrected chi connectivity index (χ2v) is 3.56. The maximum atomic E-state index is 3.51. The number of rotatable bonds is 3. The predicted molar refractivity (Wildman–Crippen MR) is 53.7 cm³/mol. The van der Waals surface area contributed by atoms with E-state index in [1.807, 2.05) is 0 Å². The molecule has 13 heavy (non-hydrogen) atoms. The van der Waals surface area contributed by atoms with Crippen LogP contribution in [0.3, 0.4) is 0 Å². The molecule has 72 valence electrons. The molecule has 1 saturated heterocycles. The van der Waals surface area contributed by atoms with Crippen molar-refractivity contribution < 1.29 is 0 Å². The lowest BCUT2D eigenvalue weighted by molar-refractivity contribution is 0.383. The van der Waals surface area contributed by atoms with E-state index in [0.29, 0.717) is 6.04 Å². The van der Waals surface area contributed by atoms with Crippen LogP contribution in [0.4, 0.5) is 0 Å². The van der Waals surface area contributed by atoms with Crippen molar-refractivity contribution in [3.8, 4) is 0 Å². The summed E-state index contributed by atoms with van der Waals surface area (Å²) < 4.78 is 2.23. The van der Waals surface area contributed by atoms with E-state index >= 15 is 0 Å². The fourth-order valence-electron chi connectivity index (χ4n) is 1.74. The van der Waals surface area contributed by atoms with Gasteiger partial charge >= 0.3 is 0 Å². The molecule has 0 radical (unpaired) electrons. The molecule has 1 aromatic rings. The third-order valence-electron chi connectivity index (χ3n) is 2.53. The van der Waals surface area contributed by atoms with Gasteiger partial charge in [-0.3, -0.25) is 0 Å². The molecule has 0 bridgehead atoms. The van der Waals surface area contributed by atoms with Crippen molar-refractivity contribution in [3.63, 3.8) is 0 Å². The van der Waals surface area contributed by atoms with Crippen LogP contribution >= 0.6 is 0 Å². The van der Waals surface area contributed by atoms with Crippen molar-refractivity contribution in [2.24, 2.45) is 0 Å². The Bertz CT molecular complexity index is 224. The zero-order chi connectivity index (χ0) is 8.93. The van der Waals surface area contributed by atoms with Crippen LogP contribution in [0.2, 0.25) is 0 Å². The zero-order valence-corrected chi connectivity index (χ0v) is 7.87. The van der Waals surface area contributed by atoms with Gasteiger partial charge in [0.25, 0.3) is 0 Å². The molecule has 3 heteroatoms. The van der Waals surface area contributed by atoms with Crippen molar-refractivity contribution in [3.05, 3.63) is 24.5 Å². The standard InChI is InChI=1S/C10H17N3/c1-2-7-13(6-1)8-3-10-9-11-4-5-12-10/h1-2,6-7,10-12H,3-5,8-9H2. The van der Waals surface area contributed by atoms with Crippen LogP contribution < -0.4 is 10.6 Å². The Labute approximate surface area is 79.1 Å². The lowest BCUT2D eigenvalue weighted by atomic mass is 10.1. The summed E-state index contributed by atoms with van der Waals surface area (Å²) in [6.45, 7) is 4.45. The largest absolute Gasteiger partial charge is 0.354 e. The van der Waals surface area contributed by atoms with Gasteiger partial charge in [0.15, 0.2) is 0 Å². The van der Waals surface area contributed by atoms with E-state index in [1.165, 1.54) is 6.42 Å². The first kappa shape index (κ1) is 8.78. The molecule has 1 aliphatic rings. The quantitative estimate of drug-likeness (QED) is 0.705. The summed E-state index contributed by atoms with van der Waals surface area (Å²) in [7, 11) is 0. The van der Waals surface area contributed by atoms with E-state index in [2.05, 4.69) is 39.7 Å². The van der Waals surface area contributed by atoms with E-state index in [4.69, 9.17) is 0 Å². The number of aryl methyl sites for hydroxylation is 1. The van der Waals surface area contributed by atoms with E-state index < -0.39 is 0 Å². The van der Waals surface area contributed by atoms with Crippen molar-refractivity contribution in [2.75, 3.05) is 19.6 Å². The fourth-order valence-corrected chi connectivity index (χ4v) is 1.74. The third kappa shape index (κ3) is 2.57. The molecule has 0 aliphatic carbocycles. The number of hydrogen-bond acceptors (Lipinski definition) is 2. The van der Waals surface area contributed by atoms with Crippen molar-refractivity contribution in [1.82, 2.24) is 15.2 Å². The van der Waals surface area contributed by atoms with Crippen LogP contribution in [0.1, 0.15) is 6.42 Å². The summed E-state index contributed by atoms with van der Waals surface area (Å²) in [4.78, 5) is 0. The van der Waals surface area contributed by atoms with Gasteiger partial charge in [0.2, 0.25) is 0 Å². The molecule has 1 fully saturated rings. The van der Waals surface area contributed by atoms with Crippen LogP contribution in [0, 0.1) is 0 Å². The highest BCUT2D eigenvalue weighted by atomic mass is 15.1. The molecule has 0 aromatic carbocycles. The van der Waals surface area contributed by atoms with Crippen molar-refractivity contribution in [1.29, 1.82) is 0 Å². The van der Waals surface area contributed by atoms with Gasteiger partial charge in [-0.25, -0.2) is 0 Å². The molecule has 0 spiro atoms. The lowest BCUT2D eigenvalue weighted by Crippen LogP contribution is -2.48.